The highest BCUT2D eigenvalue weighted by molar-refractivity contribution is 5.70. The Morgan fingerprint density at radius 2 is 0.870 bits per heavy atom. The SMILES string of the molecule is CCCCC/C=C\C/C=C\CCCCCCCC(=O)OC(COC(C)=O)COC(=O)CCCCCCCCCCCCCCCC. The van der Waals surface area contributed by atoms with Crippen LogP contribution in [0.1, 0.15) is 194 Å². The van der Waals surface area contributed by atoms with Gasteiger partial charge in [0.25, 0.3) is 0 Å². The summed E-state index contributed by atoms with van der Waals surface area (Å²) in [4.78, 5) is 35.9. The molecule has 0 amide bonds. The van der Waals surface area contributed by atoms with Gasteiger partial charge in [-0.05, 0) is 44.9 Å². The van der Waals surface area contributed by atoms with Crippen molar-refractivity contribution >= 4 is 17.9 Å². The van der Waals surface area contributed by atoms with Gasteiger partial charge in [-0.15, -0.1) is 0 Å². The largest absolute Gasteiger partial charge is 0.462 e. The van der Waals surface area contributed by atoms with Crippen LogP contribution in [-0.4, -0.2) is 37.2 Å². The van der Waals surface area contributed by atoms with E-state index in [1.807, 2.05) is 0 Å². The number of ether oxygens (including phenoxy) is 3. The van der Waals surface area contributed by atoms with E-state index >= 15 is 0 Å². The second-order valence-corrected chi connectivity index (χ2v) is 12.9. The van der Waals surface area contributed by atoms with Gasteiger partial charge in [0.15, 0.2) is 6.10 Å². The Kier molecular flexibility index (Phi) is 34.1. The highest BCUT2D eigenvalue weighted by atomic mass is 16.6. The highest BCUT2D eigenvalue weighted by Crippen LogP contribution is 2.14. The summed E-state index contributed by atoms with van der Waals surface area (Å²) in [5, 5.41) is 0. The molecule has 1 atom stereocenters. The van der Waals surface area contributed by atoms with E-state index in [0.29, 0.717) is 12.8 Å². The zero-order valence-corrected chi connectivity index (χ0v) is 30.3. The molecule has 0 radical (unpaired) electrons. The second kappa shape index (κ2) is 35.7. The topological polar surface area (TPSA) is 78.9 Å². The van der Waals surface area contributed by atoms with Gasteiger partial charge < -0.3 is 14.2 Å². The van der Waals surface area contributed by atoms with Crippen LogP contribution in [0.3, 0.4) is 0 Å². The quantitative estimate of drug-likeness (QED) is 0.0299. The first kappa shape index (κ1) is 43.9. The lowest BCUT2D eigenvalue weighted by Crippen LogP contribution is -2.30. The summed E-state index contributed by atoms with van der Waals surface area (Å²) >= 11 is 0. The molecule has 0 aromatic carbocycles. The van der Waals surface area contributed by atoms with Crippen LogP contribution in [0.4, 0.5) is 0 Å². The summed E-state index contributed by atoms with van der Waals surface area (Å²) in [6.45, 7) is 5.61. The maximum atomic E-state index is 12.4. The molecular weight excluding hydrogens is 576 g/mol. The van der Waals surface area contributed by atoms with Crippen molar-refractivity contribution in [2.24, 2.45) is 0 Å². The number of unbranched alkanes of at least 4 members (excludes halogenated alkanes) is 21. The van der Waals surface area contributed by atoms with Gasteiger partial charge in [-0.25, -0.2) is 0 Å². The second-order valence-electron chi connectivity index (χ2n) is 12.9. The van der Waals surface area contributed by atoms with Crippen LogP contribution in [0.25, 0.3) is 0 Å². The minimum Gasteiger partial charge on any atom is -0.462 e. The normalized spacial score (nSPS) is 12.2. The van der Waals surface area contributed by atoms with Crippen molar-refractivity contribution in [2.45, 2.75) is 200 Å². The molecule has 1 unspecified atom stereocenters. The van der Waals surface area contributed by atoms with Gasteiger partial charge in [-0.2, -0.15) is 0 Å². The van der Waals surface area contributed by atoms with Crippen molar-refractivity contribution in [1.82, 2.24) is 0 Å². The van der Waals surface area contributed by atoms with Crippen LogP contribution in [0, 0.1) is 0 Å². The summed E-state index contributed by atoms with van der Waals surface area (Å²) in [5.41, 5.74) is 0. The van der Waals surface area contributed by atoms with E-state index in [9.17, 15) is 14.4 Å². The number of hydrogen-bond acceptors (Lipinski definition) is 6. The molecule has 0 saturated heterocycles. The Bertz CT molecular complexity index is 759. The molecule has 6 heteroatoms. The number of allylic oxidation sites excluding steroid dienone is 4. The summed E-state index contributed by atoms with van der Waals surface area (Å²) < 4.78 is 15.9. The van der Waals surface area contributed by atoms with Gasteiger partial charge in [0.1, 0.15) is 13.2 Å². The number of rotatable bonds is 34. The molecule has 268 valence electrons. The lowest BCUT2D eigenvalue weighted by molar-refractivity contribution is -0.166. The van der Waals surface area contributed by atoms with E-state index in [1.54, 1.807) is 0 Å². The van der Waals surface area contributed by atoms with Crippen LogP contribution >= 0.6 is 0 Å². The lowest BCUT2D eigenvalue weighted by atomic mass is 10.0. The molecule has 0 heterocycles. The molecule has 46 heavy (non-hydrogen) atoms. The molecule has 6 nitrogen and oxygen atoms in total. The third-order valence-electron chi connectivity index (χ3n) is 8.27. The fourth-order valence-electron chi connectivity index (χ4n) is 5.37. The van der Waals surface area contributed by atoms with E-state index in [-0.39, 0.29) is 25.2 Å². The number of carbonyl (C=O) groups excluding carboxylic acids is 3. The molecule has 0 aliphatic rings. The van der Waals surface area contributed by atoms with Crippen molar-refractivity contribution in [2.75, 3.05) is 13.2 Å². The number of hydrogen-bond donors (Lipinski definition) is 0. The van der Waals surface area contributed by atoms with E-state index < -0.39 is 12.1 Å². The van der Waals surface area contributed by atoms with Crippen molar-refractivity contribution in [3.05, 3.63) is 24.3 Å². The lowest BCUT2D eigenvalue weighted by Gasteiger charge is -2.17. The van der Waals surface area contributed by atoms with Crippen LogP contribution < -0.4 is 0 Å². The molecule has 0 aromatic rings. The Morgan fingerprint density at radius 1 is 0.478 bits per heavy atom. The Morgan fingerprint density at radius 3 is 1.37 bits per heavy atom. The fourth-order valence-corrected chi connectivity index (χ4v) is 5.37. The fraction of sp³-hybridized carbons (Fsp3) is 0.825. The maximum absolute atomic E-state index is 12.4. The summed E-state index contributed by atoms with van der Waals surface area (Å²) in [5.74, 6) is -1.09. The monoisotopic (exact) mass is 649 g/mol. The van der Waals surface area contributed by atoms with Gasteiger partial charge in [-0.3, -0.25) is 14.4 Å². The summed E-state index contributed by atoms with van der Waals surface area (Å²) in [6, 6.07) is 0. The zero-order valence-electron chi connectivity index (χ0n) is 30.3. The Balaban J connectivity index is 3.87. The molecule has 0 spiro atoms. The number of esters is 3. The van der Waals surface area contributed by atoms with E-state index in [1.165, 1.54) is 103 Å². The van der Waals surface area contributed by atoms with Crippen LogP contribution in [0.2, 0.25) is 0 Å². The summed E-state index contributed by atoms with van der Waals surface area (Å²) in [6.07, 6.45) is 39.0. The van der Waals surface area contributed by atoms with E-state index in [0.717, 1.165) is 64.2 Å². The average molecular weight is 649 g/mol. The zero-order chi connectivity index (χ0) is 33.8. The highest BCUT2D eigenvalue weighted by Gasteiger charge is 2.18. The van der Waals surface area contributed by atoms with Gasteiger partial charge in [0.2, 0.25) is 0 Å². The van der Waals surface area contributed by atoms with Crippen LogP contribution in [-0.2, 0) is 28.6 Å². The van der Waals surface area contributed by atoms with Gasteiger partial charge in [-0.1, -0.05) is 154 Å². The van der Waals surface area contributed by atoms with Gasteiger partial charge in [0, 0.05) is 19.8 Å². The molecule has 0 fully saturated rings. The third kappa shape index (κ3) is 34.8. The Labute approximate surface area is 283 Å². The van der Waals surface area contributed by atoms with Gasteiger partial charge in [0.05, 0.1) is 0 Å². The average Bonchev–Trinajstić information content (AvgIpc) is 3.04. The molecule has 0 saturated carbocycles. The van der Waals surface area contributed by atoms with Crippen molar-refractivity contribution in [3.63, 3.8) is 0 Å². The first-order valence-corrected chi connectivity index (χ1v) is 19.3. The van der Waals surface area contributed by atoms with E-state index in [4.69, 9.17) is 14.2 Å². The molecule has 0 bridgehead atoms. The van der Waals surface area contributed by atoms with Gasteiger partial charge >= 0.3 is 17.9 Å². The first-order chi connectivity index (χ1) is 22.5. The first-order valence-electron chi connectivity index (χ1n) is 19.3. The minimum absolute atomic E-state index is 0.0847. The predicted molar refractivity (Wildman–Crippen MR) is 192 cm³/mol. The number of carbonyl (C=O) groups is 3. The minimum atomic E-state index is -0.769. The van der Waals surface area contributed by atoms with Crippen LogP contribution in [0.5, 0.6) is 0 Å². The standard InChI is InChI=1S/C40H72O6/c1-4-6-8-10-12-14-16-18-20-22-24-26-28-30-32-34-40(43)46-38(35-44-37(3)41)36-45-39(42)33-31-29-27-25-23-21-19-17-15-13-11-9-7-5-2/h12,14,18,20,38H,4-11,13,15-17,19,21-36H2,1-3H3/b14-12-,20-18-. The molecule has 0 aromatic heterocycles. The summed E-state index contributed by atoms with van der Waals surface area (Å²) in [7, 11) is 0. The Hall–Kier alpha value is -2.11. The molecule has 0 rings (SSSR count). The smallest absolute Gasteiger partial charge is 0.306 e. The molecule has 0 aliphatic carbocycles. The third-order valence-corrected chi connectivity index (χ3v) is 8.27. The van der Waals surface area contributed by atoms with Crippen molar-refractivity contribution in [3.8, 4) is 0 Å². The van der Waals surface area contributed by atoms with Crippen molar-refractivity contribution < 1.29 is 28.6 Å². The predicted octanol–water partition coefficient (Wildman–Crippen LogP) is 11.7. The van der Waals surface area contributed by atoms with E-state index in [2.05, 4.69) is 38.2 Å². The maximum Gasteiger partial charge on any atom is 0.306 e. The molecule has 0 aliphatic heterocycles. The van der Waals surface area contributed by atoms with Crippen LogP contribution in [0.15, 0.2) is 24.3 Å². The molecular formula is C40H72O6. The van der Waals surface area contributed by atoms with Crippen molar-refractivity contribution in [1.29, 1.82) is 0 Å². The molecule has 0 N–H and O–H groups in total.